The molecular formula is C12H13N3O2S. The maximum Gasteiger partial charge on any atom is 0.243 e. The van der Waals surface area contributed by atoms with Gasteiger partial charge in [0.2, 0.25) is 10.0 Å². The molecule has 2 aromatic rings. The predicted octanol–water partition coefficient (Wildman–Crippen LogP) is 1.05. The molecule has 0 saturated heterocycles. The first-order valence-electron chi connectivity index (χ1n) is 5.29. The van der Waals surface area contributed by atoms with E-state index in [0.717, 1.165) is 0 Å². The molecule has 0 fully saturated rings. The van der Waals surface area contributed by atoms with Crippen LogP contribution in [-0.2, 0) is 10.0 Å². The molecule has 1 atom stereocenters. The van der Waals surface area contributed by atoms with Gasteiger partial charge in [-0.05, 0) is 25.1 Å². The summed E-state index contributed by atoms with van der Waals surface area (Å²) in [6.45, 7) is 1.60. The molecule has 0 bridgehead atoms. The molecule has 0 aliphatic rings. The summed E-state index contributed by atoms with van der Waals surface area (Å²) in [7, 11) is -3.65. The zero-order chi connectivity index (χ0) is 13.3. The van der Waals surface area contributed by atoms with E-state index >= 15 is 0 Å². The Balaban J connectivity index is 2.55. The van der Waals surface area contributed by atoms with E-state index in [1.807, 2.05) is 0 Å². The maximum atomic E-state index is 12.1. The summed E-state index contributed by atoms with van der Waals surface area (Å²) in [6, 6.07) is 4.48. The Morgan fingerprint density at radius 2 is 2.22 bits per heavy atom. The van der Waals surface area contributed by atoms with Crippen LogP contribution >= 0.6 is 0 Å². The van der Waals surface area contributed by atoms with Crippen molar-refractivity contribution in [2.45, 2.75) is 17.9 Å². The minimum absolute atomic E-state index is 0.145. The molecule has 0 aliphatic heterocycles. The van der Waals surface area contributed by atoms with Crippen molar-refractivity contribution in [3.8, 4) is 12.3 Å². The third kappa shape index (κ3) is 2.18. The van der Waals surface area contributed by atoms with Crippen molar-refractivity contribution in [3.63, 3.8) is 0 Å². The van der Waals surface area contributed by atoms with Crippen molar-refractivity contribution in [3.05, 3.63) is 24.4 Å². The molecule has 4 N–H and O–H groups in total. The number of sulfonamides is 1. The first kappa shape index (κ1) is 12.5. The van der Waals surface area contributed by atoms with Crippen molar-refractivity contribution in [1.29, 1.82) is 0 Å². The fourth-order valence-electron chi connectivity index (χ4n) is 1.67. The number of anilines is 1. The van der Waals surface area contributed by atoms with E-state index < -0.39 is 16.1 Å². The summed E-state index contributed by atoms with van der Waals surface area (Å²) < 4.78 is 26.6. The van der Waals surface area contributed by atoms with Gasteiger partial charge in [0.1, 0.15) is 4.90 Å². The Labute approximate surface area is 105 Å². The highest BCUT2D eigenvalue weighted by Gasteiger charge is 2.20. The monoisotopic (exact) mass is 263 g/mol. The van der Waals surface area contributed by atoms with E-state index in [0.29, 0.717) is 16.6 Å². The van der Waals surface area contributed by atoms with E-state index in [1.165, 1.54) is 6.20 Å². The normalized spacial score (nSPS) is 13.3. The van der Waals surface area contributed by atoms with Crippen LogP contribution in [-0.4, -0.2) is 19.4 Å². The number of rotatable bonds is 3. The second kappa shape index (κ2) is 4.37. The zero-order valence-electron chi connectivity index (χ0n) is 9.77. The molecule has 2 rings (SSSR count). The molecule has 0 saturated carbocycles. The highest BCUT2D eigenvalue weighted by Crippen LogP contribution is 2.24. The topological polar surface area (TPSA) is 88.0 Å². The van der Waals surface area contributed by atoms with Gasteiger partial charge in [0.25, 0.3) is 0 Å². The van der Waals surface area contributed by atoms with Crippen LogP contribution in [0.15, 0.2) is 29.3 Å². The van der Waals surface area contributed by atoms with Crippen molar-refractivity contribution >= 4 is 26.6 Å². The molecule has 1 heterocycles. The smallest absolute Gasteiger partial charge is 0.243 e. The minimum Gasteiger partial charge on any atom is -0.399 e. The molecule has 1 aromatic carbocycles. The van der Waals surface area contributed by atoms with Crippen LogP contribution in [0.1, 0.15) is 6.92 Å². The van der Waals surface area contributed by atoms with E-state index in [2.05, 4.69) is 15.6 Å². The maximum absolute atomic E-state index is 12.1. The van der Waals surface area contributed by atoms with Gasteiger partial charge >= 0.3 is 0 Å². The number of hydrogen-bond donors (Lipinski definition) is 3. The molecule has 0 spiro atoms. The van der Waals surface area contributed by atoms with Crippen LogP contribution in [0.3, 0.4) is 0 Å². The number of nitrogens with two attached hydrogens (primary N) is 1. The Morgan fingerprint density at radius 1 is 1.50 bits per heavy atom. The van der Waals surface area contributed by atoms with Crippen molar-refractivity contribution in [2.24, 2.45) is 0 Å². The lowest BCUT2D eigenvalue weighted by Gasteiger charge is -2.07. The largest absolute Gasteiger partial charge is 0.399 e. The van der Waals surface area contributed by atoms with Crippen molar-refractivity contribution in [1.82, 2.24) is 9.71 Å². The average Bonchev–Trinajstić information content (AvgIpc) is 2.71. The Hall–Kier alpha value is -1.97. The first-order chi connectivity index (χ1) is 8.44. The summed E-state index contributed by atoms with van der Waals surface area (Å²) in [5, 5.41) is 0.548. The second-order valence-corrected chi connectivity index (χ2v) is 5.65. The first-order valence-corrected chi connectivity index (χ1v) is 6.77. The quantitative estimate of drug-likeness (QED) is 0.571. The van der Waals surface area contributed by atoms with E-state index in [-0.39, 0.29) is 4.90 Å². The molecule has 0 radical (unpaired) electrons. The number of nitrogen functional groups attached to an aromatic ring is 1. The number of aromatic amines is 1. The lowest BCUT2D eigenvalue weighted by molar-refractivity contribution is 0.578. The second-order valence-electron chi connectivity index (χ2n) is 3.97. The number of nitrogens with one attached hydrogen (secondary N) is 2. The van der Waals surface area contributed by atoms with E-state index in [1.54, 1.807) is 25.1 Å². The number of fused-ring (bicyclic) bond motifs is 1. The van der Waals surface area contributed by atoms with Gasteiger partial charge in [-0.3, -0.25) is 0 Å². The third-order valence-electron chi connectivity index (χ3n) is 2.54. The molecule has 18 heavy (non-hydrogen) atoms. The summed E-state index contributed by atoms with van der Waals surface area (Å²) >= 11 is 0. The molecule has 1 unspecified atom stereocenters. The lowest BCUT2D eigenvalue weighted by Crippen LogP contribution is -2.31. The van der Waals surface area contributed by atoms with Crippen LogP contribution in [0.25, 0.3) is 10.9 Å². The number of hydrogen-bond acceptors (Lipinski definition) is 3. The highest BCUT2D eigenvalue weighted by molar-refractivity contribution is 7.89. The molecule has 0 amide bonds. The molecule has 0 aliphatic carbocycles. The lowest BCUT2D eigenvalue weighted by atomic mass is 10.2. The number of terminal acetylenes is 1. The summed E-state index contributed by atoms with van der Waals surface area (Å²) in [4.78, 5) is 3.03. The van der Waals surface area contributed by atoms with Gasteiger partial charge in [0.15, 0.2) is 0 Å². The van der Waals surface area contributed by atoms with Crippen molar-refractivity contribution < 1.29 is 8.42 Å². The van der Waals surface area contributed by atoms with Gasteiger partial charge in [-0.1, -0.05) is 5.92 Å². The molecule has 1 aromatic heterocycles. The van der Waals surface area contributed by atoms with Gasteiger partial charge in [0, 0.05) is 22.8 Å². The van der Waals surface area contributed by atoms with Gasteiger partial charge < -0.3 is 10.7 Å². The molecule has 5 nitrogen and oxygen atoms in total. The predicted molar refractivity (Wildman–Crippen MR) is 71.3 cm³/mol. The Kier molecular flexibility index (Phi) is 3.03. The van der Waals surface area contributed by atoms with Gasteiger partial charge in [-0.25, -0.2) is 8.42 Å². The minimum atomic E-state index is -3.65. The van der Waals surface area contributed by atoms with Crippen molar-refractivity contribution in [2.75, 3.05) is 5.73 Å². The number of benzene rings is 1. The number of H-pyrrole nitrogens is 1. The molecular weight excluding hydrogens is 250 g/mol. The number of aromatic nitrogens is 1. The van der Waals surface area contributed by atoms with E-state index in [4.69, 9.17) is 12.2 Å². The van der Waals surface area contributed by atoms with Crippen LogP contribution in [0.4, 0.5) is 5.69 Å². The summed E-state index contributed by atoms with van der Waals surface area (Å²) in [5.74, 6) is 2.32. The molecule has 94 valence electrons. The average molecular weight is 263 g/mol. The van der Waals surface area contributed by atoms with Gasteiger partial charge in [-0.2, -0.15) is 4.72 Å². The Bertz CT molecular complexity index is 725. The fraction of sp³-hybridized carbons (Fsp3) is 0.167. The third-order valence-corrected chi connectivity index (χ3v) is 4.12. The van der Waals surface area contributed by atoms with Gasteiger partial charge in [0.05, 0.1) is 6.04 Å². The standard InChI is InChI=1S/C12H13N3O2S/c1-3-8(2)15-18(16,17)12-7-14-11-5-4-9(13)6-10(11)12/h1,4-8,14-15H,13H2,2H3. The van der Waals surface area contributed by atoms with Crippen LogP contribution in [0.2, 0.25) is 0 Å². The Morgan fingerprint density at radius 3 is 2.89 bits per heavy atom. The van der Waals surface area contributed by atoms with E-state index in [9.17, 15) is 8.42 Å². The summed E-state index contributed by atoms with van der Waals surface area (Å²) in [5.41, 5.74) is 6.87. The van der Waals surface area contributed by atoms with Gasteiger partial charge in [-0.15, -0.1) is 6.42 Å². The molecule has 6 heteroatoms. The SMILES string of the molecule is C#CC(C)NS(=O)(=O)c1c[nH]c2ccc(N)cc12. The summed E-state index contributed by atoms with van der Waals surface area (Å²) in [6.07, 6.45) is 6.59. The highest BCUT2D eigenvalue weighted by atomic mass is 32.2. The van der Waals surface area contributed by atoms with Crippen LogP contribution in [0, 0.1) is 12.3 Å². The van der Waals surface area contributed by atoms with Crippen LogP contribution < -0.4 is 10.5 Å². The fourth-order valence-corrected chi connectivity index (χ4v) is 3.00. The zero-order valence-corrected chi connectivity index (χ0v) is 10.6. The van der Waals surface area contributed by atoms with Crippen LogP contribution in [0.5, 0.6) is 0 Å².